The second kappa shape index (κ2) is 4.99. The zero-order valence-corrected chi connectivity index (χ0v) is 11.4. The zero-order valence-electron chi connectivity index (χ0n) is 8.21. The average molecular weight is 359 g/mol. The van der Waals surface area contributed by atoms with Gasteiger partial charge in [-0.3, -0.25) is 0 Å². The molecule has 0 saturated carbocycles. The van der Waals surface area contributed by atoms with Crippen molar-refractivity contribution in [2.75, 3.05) is 7.05 Å². The van der Waals surface area contributed by atoms with Crippen LogP contribution in [0.2, 0.25) is 5.02 Å². The van der Waals surface area contributed by atoms with E-state index in [0.717, 1.165) is 24.5 Å². The summed E-state index contributed by atoms with van der Waals surface area (Å²) in [4.78, 5) is -0.188. The number of alkyl halides is 5. The van der Waals surface area contributed by atoms with Gasteiger partial charge in [0.1, 0.15) is 6.04 Å². The van der Waals surface area contributed by atoms with Crippen molar-refractivity contribution in [2.45, 2.75) is 18.1 Å². The lowest BCUT2D eigenvalue weighted by atomic mass is 10.1. The van der Waals surface area contributed by atoms with Gasteiger partial charge >= 0.3 is 12.1 Å². The van der Waals surface area contributed by atoms with E-state index in [2.05, 4.69) is 15.9 Å². The summed E-state index contributed by atoms with van der Waals surface area (Å²) in [5, 5.41) is 2.07. The third-order valence-electron chi connectivity index (χ3n) is 1.98. The number of hydrogen-bond donors (Lipinski definition) is 1. The summed E-state index contributed by atoms with van der Waals surface area (Å²) in [7, 11) is 1.03. The maximum atomic E-state index is 13.2. The summed E-state index contributed by atoms with van der Waals surface area (Å²) >= 11 is 9.30. The Balaban J connectivity index is 3.16. The van der Waals surface area contributed by atoms with Gasteiger partial charge in [0.15, 0.2) is 0 Å². The molecule has 1 aromatic heterocycles. The molecule has 1 nitrogen and oxygen atoms in total. The fourth-order valence-corrected chi connectivity index (χ4v) is 3.07. The molecule has 1 aromatic rings. The maximum Gasteiger partial charge on any atom is 0.455 e. The van der Waals surface area contributed by atoms with Crippen molar-refractivity contribution in [3.63, 3.8) is 0 Å². The minimum Gasteiger partial charge on any atom is -0.307 e. The SMILES string of the molecule is CNC(c1cc(Cl)c(Br)s1)C(F)(F)C(F)(F)F. The van der Waals surface area contributed by atoms with Gasteiger partial charge in [0.05, 0.1) is 8.81 Å². The summed E-state index contributed by atoms with van der Waals surface area (Å²) in [5.74, 6) is -4.87. The Morgan fingerprint density at radius 1 is 1.35 bits per heavy atom. The first kappa shape index (κ1) is 15.1. The fraction of sp³-hybridized carbons (Fsp3) is 0.500. The van der Waals surface area contributed by atoms with Crippen LogP contribution in [-0.4, -0.2) is 19.1 Å². The van der Waals surface area contributed by atoms with Crippen LogP contribution in [0.5, 0.6) is 0 Å². The number of halogens is 7. The van der Waals surface area contributed by atoms with E-state index in [4.69, 9.17) is 11.6 Å². The Kier molecular flexibility index (Phi) is 4.44. The van der Waals surface area contributed by atoms with Crippen molar-refractivity contribution in [3.8, 4) is 0 Å². The smallest absolute Gasteiger partial charge is 0.307 e. The first-order chi connectivity index (χ1) is 7.61. The second-order valence-electron chi connectivity index (χ2n) is 3.11. The predicted octanol–water partition coefficient (Wildman–Crippen LogP) is 4.62. The highest BCUT2D eigenvalue weighted by molar-refractivity contribution is 9.11. The Morgan fingerprint density at radius 2 is 1.88 bits per heavy atom. The molecule has 1 heterocycles. The second-order valence-corrected chi connectivity index (χ2v) is 5.92. The summed E-state index contributed by atoms with van der Waals surface area (Å²) in [6.45, 7) is 0. The molecule has 17 heavy (non-hydrogen) atoms. The highest BCUT2D eigenvalue weighted by atomic mass is 79.9. The maximum absolute atomic E-state index is 13.2. The molecule has 1 unspecified atom stereocenters. The van der Waals surface area contributed by atoms with Crippen LogP contribution < -0.4 is 5.32 Å². The quantitative estimate of drug-likeness (QED) is 0.777. The van der Waals surface area contributed by atoms with Crippen molar-refractivity contribution in [1.82, 2.24) is 5.32 Å². The molecule has 0 aliphatic heterocycles. The topological polar surface area (TPSA) is 12.0 Å². The molecule has 0 bridgehead atoms. The van der Waals surface area contributed by atoms with Crippen LogP contribution in [0.4, 0.5) is 22.0 Å². The molecule has 1 atom stereocenters. The lowest BCUT2D eigenvalue weighted by Crippen LogP contribution is -2.46. The molecule has 1 rings (SSSR count). The molecule has 0 aromatic carbocycles. The van der Waals surface area contributed by atoms with Gasteiger partial charge in [-0.15, -0.1) is 11.3 Å². The first-order valence-electron chi connectivity index (χ1n) is 4.17. The van der Waals surface area contributed by atoms with E-state index in [-0.39, 0.29) is 9.90 Å². The van der Waals surface area contributed by atoms with Crippen molar-refractivity contribution < 1.29 is 22.0 Å². The van der Waals surface area contributed by atoms with Gasteiger partial charge in [0, 0.05) is 4.88 Å². The Morgan fingerprint density at radius 3 is 2.18 bits per heavy atom. The van der Waals surface area contributed by atoms with Crippen LogP contribution in [0.1, 0.15) is 10.9 Å². The van der Waals surface area contributed by atoms with Gasteiger partial charge in [-0.2, -0.15) is 22.0 Å². The summed E-state index contributed by atoms with van der Waals surface area (Å²) in [6, 6.07) is -1.08. The molecule has 0 radical (unpaired) electrons. The number of rotatable bonds is 3. The number of hydrogen-bond acceptors (Lipinski definition) is 2. The minimum absolute atomic E-state index is 0.100. The lowest BCUT2D eigenvalue weighted by molar-refractivity contribution is -0.293. The number of thiophene rings is 1. The highest BCUT2D eigenvalue weighted by Gasteiger charge is 2.62. The largest absolute Gasteiger partial charge is 0.455 e. The Hall–Kier alpha value is 0.0800. The van der Waals surface area contributed by atoms with Crippen molar-refractivity contribution in [3.05, 3.63) is 19.8 Å². The lowest BCUT2D eigenvalue weighted by Gasteiger charge is -2.27. The van der Waals surface area contributed by atoms with Gasteiger partial charge < -0.3 is 5.32 Å². The molecule has 0 spiro atoms. The van der Waals surface area contributed by atoms with E-state index in [9.17, 15) is 22.0 Å². The van der Waals surface area contributed by atoms with Gasteiger partial charge in [-0.25, -0.2) is 0 Å². The van der Waals surface area contributed by atoms with Gasteiger partial charge in [-0.1, -0.05) is 11.6 Å². The van der Waals surface area contributed by atoms with Gasteiger partial charge in [-0.05, 0) is 29.0 Å². The van der Waals surface area contributed by atoms with E-state index in [1.165, 1.54) is 0 Å². The van der Waals surface area contributed by atoms with Crippen LogP contribution >= 0.6 is 38.9 Å². The van der Waals surface area contributed by atoms with Crippen LogP contribution in [0.3, 0.4) is 0 Å². The molecular formula is C8H6BrClF5NS. The highest BCUT2D eigenvalue weighted by Crippen LogP contribution is 2.47. The van der Waals surface area contributed by atoms with Crippen LogP contribution in [-0.2, 0) is 0 Å². The Labute approximate surface area is 111 Å². The molecule has 0 aliphatic rings. The van der Waals surface area contributed by atoms with Crippen LogP contribution in [0, 0.1) is 0 Å². The third kappa shape index (κ3) is 2.91. The monoisotopic (exact) mass is 357 g/mol. The van der Waals surface area contributed by atoms with Crippen LogP contribution in [0.15, 0.2) is 9.85 Å². The molecule has 0 fully saturated rings. The van der Waals surface area contributed by atoms with E-state index < -0.39 is 18.1 Å². The van der Waals surface area contributed by atoms with E-state index in [0.29, 0.717) is 3.79 Å². The molecule has 9 heteroatoms. The van der Waals surface area contributed by atoms with Gasteiger partial charge in [0.25, 0.3) is 0 Å². The summed E-state index contributed by atoms with van der Waals surface area (Å²) in [6.07, 6.45) is -5.62. The molecule has 0 saturated heterocycles. The zero-order chi connectivity index (χ0) is 13.4. The van der Waals surface area contributed by atoms with Crippen LogP contribution in [0.25, 0.3) is 0 Å². The number of nitrogens with one attached hydrogen (secondary N) is 1. The molecule has 1 N–H and O–H groups in total. The van der Waals surface area contributed by atoms with Crippen molar-refractivity contribution in [1.29, 1.82) is 0 Å². The normalized spacial score (nSPS) is 15.1. The molecule has 0 aliphatic carbocycles. The molecular weight excluding hydrogens is 353 g/mol. The minimum atomic E-state index is -5.62. The standard InChI is InChI=1S/C8H6BrClF5NS/c1-16-5(7(11,12)8(13,14)15)4-2-3(10)6(9)17-4/h2,5,16H,1H3. The fourth-order valence-electron chi connectivity index (χ4n) is 1.17. The predicted molar refractivity (Wildman–Crippen MR) is 59.8 cm³/mol. The Bertz CT molecular complexity index is 386. The van der Waals surface area contributed by atoms with Crippen molar-refractivity contribution in [2.24, 2.45) is 0 Å². The first-order valence-corrected chi connectivity index (χ1v) is 6.16. The van der Waals surface area contributed by atoms with Gasteiger partial charge in [0.2, 0.25) is 0 Å². The van der Waals surface area contributed by atoms with E-state index in [1.54, 1.807) is 0 Å². The molecule has 98 valence electrons. The van der Waals surface area contributed by atoms with E-state index in [1.807, 2.05) is 5.32 Å². The van der Waals surface area contributed by atoms with Crippen molar-refractivity contribution >= 4 is 38.9 Å². The molecule has 0 amide bonds. The third-order valence-corrected chi connectivity index (χ3v) is 4.52. The average Bonchev–Trinajstić information content (AvgIpc) is 2.45. The summed E-state index contributed by atoms with van der Waals surface area (Å²) in [5.41, 5.74) is 0. The summed E-state index contributed by atoms with van der Waals surface area (Å²) < 4.78 is 63.4. The van der Waals surface area contributed by atoms with E-state index >= 15 is 0 Å².